The number of aromatic nitrogens is 4. The third kappa shape index (κ3) is 6.79. The van der Waals surface area contributed by atoms with Crippen molar-refractivity contribution >= 4 is 53.3 Å². The molecular weight excluding hydrogens is 845 g/mol. The monoisotopic (exact) mass is 884 g/mol. The summed E-state index contributed by atoms with van der Waals surface area (Å²) >= 11 is 1.85. The minimum absolute atomic E-state index is 0.614. The molecule has 4 nitrogen and oxygen atoms in total. The molecule has 10 aromatic carbocycles. The Hall–Kier alpha value is -8.77. The number of benzene rings is 10. The molecule has 5 heteroatoms. The molecule has 0 saturated heterocycles. The Labute approximate surface area is 397 Å². The number of rotatable bonds is 8. The van der Waals surface area contributed by atoms with Crippen LogP contribution in [0.3, 0.4) is 0 Å². The van der Waals surface area contributed by atoms with E-state index < -0.39 is 0 Å². The summed E-state index contributed by atoms with van der Waals surface area (Å²) in [4.78, 5) is 15.8. The molecule has 0 aliphatic rings. The van der Waals surface area contributed by atoms with Crippen LogP contribution >= 0.6 is 11.3 Å². The van der Waals surface area contributed by atoms with Crippen LogP contribution in [-0.2, 0) is 0 Å². The van der Waals surface area contributed by atoms with Gasteiger partial charge in [-0.3, -0.25) is 0 Å². The van der Waals surface area contributed by atoms with Gasteiger partial charge in [0, 0.05) is 58.9 Å². The molecule has 0 atom stereocenters. The molecule has 3 aromatic heterocycles. The van der Waals surface area contributed by atoms with E-state index in [2.05, 4.69) is 211 Å². The zero-order valence-corrected chi connectivity index (χ0v) is 37.6. The molecule has 0 bridgehead atoms. The first-order valence-electron chi connectivity index (χ1n) is 22.9. The summed E-state index contributed by atoms with van der Waals surface area (Å²) in [5.41, 5.74) is 15.4. The zero-order chi connectivity index (χ0) is 45.0. The first-order chi connectivity index (χ1) is 33.7. The van der Waals surface area contributed by atoms with Gasteiger partial charge in [0.15, 0.2) is 17.5 Å². The number of thiophene rings is 1. The van der Waals surface area contributed by atoms with Gasteiger partial charge in [0.25, 0.3) is 0 Å². The third-order valence-corrected chi connectivity index (χ3v) is 14.3. The number of nitrogens with zero attached hydrogens (tertiary/aromatic N) is 4. The molecule has 0 amide bonds. The molecule has 13 rings (SSSR count). The molecule has 13 aromatic rings. The van der Waals surface area contributed by atoms with Gasteiger partial charge in [0.2, 0.25) is 0 Å². The molecule has 68 heavy (non-hydrogen) atoms. The lowest BCUT2D eigenvalue weighted by Crippen LogP contribution is -2.01. The molecule has 0 saturated carbocycles. The standard InChI is InChI=1S/C63H40N4S/c1-6-19-41(20-7-1)48-35-33-45(39-54(48)42-21-8-2-9-22-42)46-34-36-49(55(40-46)63-65-61(43-23-10-3-11-24-43)64-62(66-63)44-25-12-4-13-26-44)52-30-18-31-53-58-57(68-60(52)53)38-37-51-50-29-16-17-32-56(50)67(59(51)58)47-27-14-5-15-28-47/h1-40H. The molecule has 0 fully saturated rings. The number of hydrogen-bond acceptors (Lipinski definition) is 4. The van der Waals surface area contributed by atoms with Gasteiger partial charge in [0.1, 0.15) is 0 Å². The fourth-order valence-corrected chi connectivity index (χ4v) is 11.2. The molecule has 0 unspecified atom stereocenters. The number of para-hydroxylation sites is 2. The van der Waals surface area contributed by atoms with Crippen molar-refractivity contribution in [2.45, 2.75) is 0 Å². The van der Waals surface area contributed by atoms with Gasteiger partial charge < -0.3 is 4.57 Å². The van der Waals surface area contributed by atoms with Crippen LogP contribution in [0, 0.1) is 0 Å². The first kappa shape index (κ1) is 39.6. The average Bonchev–Trinajstić information content (AvgIpc) is 3.98. The van der Waals surface area contributed by atoms with E-state index in [0.717, 1.165) is 44.6 Å². The van der Waals surface area contributed by atoms with Crippen molar-refractivity contribution in [1.82, 2.24) is 19.5 Å². The van der Waals surface area contributed by atoms with Crippen LogP contribution in [0.25, 0.3) is 126 Å². The molecule has 318 valence electrons. The van der Waals surface area contributed by atoms with Crippen molar-refractivity contribution in [2.24, 2.45) is 0 Å². The highest BCUT2D eigenvalue weighted by molar-refractivity contribution is 7.26. The van der Waals surface area contributed by atoms with Crippen LogP contribution < -0.4 is 0 Å². The number of hydrogen-bond donors (Lipinski definition) is 0. The van der Waals surface area contributed by atoms with Crippen molar-refractivity contribution in [2.75, 3.05) is 0 Å². The smallest absolute Gasteiger partial charge is 0.164 e. The fourth-order valence-electron chi connectivity index (χ4n) is 9.92. The minimum atomic E-state index is 0.614. The summed E-state index contributed by atoms with van der Waals surface area (Å²) in [7, 11) is 0. The van der Waals surface area contributed by atoms with Crippen LogP contribution in [0.2, 0.25) is 0 Å². The largest absolute Gasteiger partial charge is 0.309 e. The summed E-state index contributed by atoms with van der Waals surface area (Å²) in [5.74, 6) is 1.87. The lowest BCUT2D eigenvalue weighted by molar-refractivity contribution is 1.07. The summed E-state index contributed by atoms with van der Waals surface area (Å²) < 4.78 is 4.90. The second kappa shape index (κ2) is 16.6. The molecule has 0 aliphatic heterocycles. The Kier molecular flexibility index (Phi) is 9.66. The Bertz CT molecular complexity index is 3940. The van der Waals surface area contributed by atoms with E-state index in [1.165, 1.54) is 64.2 Å². The summed E-state index contributed by atoms with van der Waals surface area (Å²) in [6, 6.07) is 86.4. The predicted molar refractivity (Wildman–Crippen MR) is 285 cm³/mol. The van der Waals surface area contributed by atoms with E-state index in [1.54, 1.807) is 0 Å². The van der Waals surface area contributed by atoms with E-state index in [-0.39, 0.29) is 0 Å². The summed E-state index contributed by atoms with van der Waals surface area (Å²) in [6.45, 7) is 0. The van der Waals surface area contributed by atoms with Crippen LogP contribution in [0.5, 0.6) is 0 Å². The summed E-state index contributed by atoms with van der Waals surface area (Å²) in [6.07, 6.45) is 0. The molecule has 0 spiro atoms. The van der Waals surface area contributed by atoms with Crippen LogP contribution in [0.4, 0.5) is 0 Å². The highest BCUT2D eigenvalue weighted by Crippen LogP contribution is 2.48. The number of fused-ring (bicyclic) bond motifs is 7. The molecule has 3 heterocycles. The Morgan fingerprint density at radius 1 is 0.309 bits per heavy atom. The van der Waals surface area contributed by atoms with Crippen molar-refractivity contribution in [3.63, 3.8) is 0 Å². The normalized spacial score (nSPS) is 11.5. The van der Waals surface area contributed by atoms with Crippen molar-refractivity contribution in [3.8, 4) is 84.4 Å². The van der Waals surface area contributed by atoms with Gasteiger partial charge in [0.05, 0.1) is 11.0 Å². The maximum Gasteiger partial charge on any atom is 0.164 e. The molecule has 0 radical (unpaired) electrons. The topological polar surface area (TPSA) is 43.6 Å². The third-order valence-electron chi connectivity index (χ3n) is 13.1. The lowest BCUT2D eigenvalue weighted by Gasteiger charge is -2.16. The van der Waals surface area contributed by atoms with Gasteiger partial charge in [-0.2, -0.15) is 0 Å². The van der Waals surface area contributed by atoms with E-state index in [4.69, 9.17) is 15.0 Å². The zero-order valence-electron chi connectivity index (χ0n) is 36.8. The SMILES string of the molecule is c1ccc(-c2nc(-c3ccccc3)nc(-c3cc(-c4ccc(-c5ccccc5)c(-c5ccccc5)c4)ccc3-c3cccc4c3sc3ccc5c6ccccc6n(-c6ccccc6)c5c34)n2)cc1. The second-order valence-electron chi connectivity index (χ2n) is 17.1. The van der Waals surface area contributed by atoms with Gasteiger partial charge >= 0.3 is 0 Å². The van der Waals surface area contributed by atoms with E-state index in [9.17, 15) is 0 Å². The Morgan fingerprint density at radius 3 is 1.47 bits per heavy atom. The Morgan fingerprint density at radius 2 is 0.824 bits per heavy atom. The van der Waals surface area contributed by atoms with Gasteiger partial charge in [-0.05, 0) is 75.3 Å². The van der Waals surface area contributed by atoms with E-state index in [0.29, 0.717) is 17.5 Å². The molecular formula is C63H40N4S. The Balaban J connectivity index is 1.08. The minimum Gasteiger partial charge on any atom is -0.309 e. The van der Waals surface area contributed by atoms with Crippen LogP contribution in [0.15, 0.2) is 243 Å². The first-order valence-corrected chi connectivity index (χ1v) is 23.7. The highest BCUT2D eigenvalue weighted by atomic mass is 32.1. The van der Waals surface area contributed by atoms with Gasteiger partial charge in [-0.1, -0.05) is 206 Å². The molecule has 0 N–H and O–H groups in total. The van der Waals surface area contributed by atoms with Gasteiger partial charge in [-0.15, -0.1) is 11.3 Å². The van der Waals surface area contributed by atoms with Crippen molar-refractivity contribution in [1.29, 1.82) is 0 Å². The average molecular weight is 885 g/mol. The quantitative estimate of drug-likeness (QED) is 0.153. The maximum atomic E-state index is 5.35. The lowest BCUT2D eigenvalue weighted by atomic mass is 9.89. The van der Waals surface area contributed by atoms with Gasteiger partial charge in [-0.25, -0.2) is 15.0 Å². The van der Waals surface area contributed by atoms with Crippen LogP contribution in [0.1, 0.15) is 0 Å². The second-order valence-corrected chi connectivity index (χ2v) is 18.2. The van der Waals surface area contributed by atoms with Crippen molar-refractivity contribution < 1.29 is 0 Å². The maximum absolute atomic E-state index is 5.35. The fraction of sp³-hybridized carbons (Fsp3) is 0. The summed E-state index contributed by atoms with van der Waals surface area (Å²) in [5, 5.41) is 4.96. The molecule has 0 aliphatic carbocycles. The van der Waals surface area contributed by atoms with E-state index in [1.807, 2.05) is 47.7 Å². The predicted octanol–water partition coefficient (Wildman–Crippen LogP) is 17.0. The highest BCUT2D eigenvalue weighted by Gasteiger charge is 2.23. The van der Waals surface area contributed by atoms with Crippen LogP contribution in [-0.4, -0.2) is 19.5 Å². The van der Waals surface area contributed by atoms with E-state index >= 15 is 0 Å². The van der Waals surface area contributed by atoms with Crippen molar-refractivity contribution in [3.05, 3.63) is 243 Å².